The minimum absolute atomic E-state index is 0.117. The van der Waals surface area contributed by atoms with Crippen LogP contribution in [0.3, 0.4) is 0 Å². The van der Waals surface area contributed by atoms with Crippen molar-refractivity contribution in [3.05, 3.63) is 122 Å². The van der Waals surface area contributed by atoms with Gasteiger partial charge in [-0.2, -0.15) is 0 Å². The van der Waals surface area contributed by atoms with Crippen LogP contribution in [0.4, 0.5) is 0 Å². The third-order valence-corrected chi connectivity index (χ3v) is 9.27. The van der Waals surface area contributed by atoms with E-state index in [1.807, 2.05) is 30.3 Å². The third-order valence-electron chi connectivity index (χ3n) is 6.76. The van der Waals surface area contributed by atoms with E-state index in [2.05, 4.69) is 59.2 Å². The summed E-state index contributed by atoms with van der Waals surface area (Å²) in [7, 11) is 0. The van der Waals surface area contributed by atoms with Crippen LogP contribution < -0.4 is 5.73 Å². The molecule has 5 aromatic rings. The van der Waals surface area contributed by atoms with Gasteiger partial charge in [0.15, 0.2) is 9.84 Å². The van der Waals surface area contributed by atoms with E-state index < -0.39 is 0 Å². The molecule has 2 aromatic heterocycles. The Labute approximate surface area is 221 Å². The Morgan fingerprint density at radius 1 is 0.861 bits per heavy atom. The van der Waals surface area contributed by atoms with Gasteiger partial charge in [-0.15, -0.1) is 22.7 Å². The average Bonchev–Trinajstić information content (AvgIpc) is 3.49. The van der Waals surface area contributed by atoms with Crippen LogP contribution in [-0.4, -0.2) is 9.55 Å². The van der Waals surface area contributed by atoms with E-state index in [0.717, 1.165) is 65.9 Å². The molecule has 0 saturated carbocycles. The first-order chi connectivity index (χ1) is 17.7. The van der Waals surface area contributed by atoms with Gasteiger partial charge in [0.2, 0.25) is 0 Å². The van der Waals surface area contributed by atoms with Gasteiger partial charge in [0.25, 0.3) is 0 Å². The quantitative estimate of drug-likeness (QED) is 0.247. The predicted octanol–water partition coefficient (Wildman–Crippen LogP) is 7.68. The van der Waals surface area contributed by atoms with Crippen molar-refractivity contribution in [2.45, 2.75) is 18.8 Å². The van der Waals surface area contributed by atoms with Gasteiger partial charge >= 0.3 is 0 Å². The smallest absolute Gasteiger partial charge is 0.197 e. The highest BCUT2D eigenvalue weighted by Crippen LogP contribution is 2.53. The minimum Gasteiger partial charge on any atom is -0.445 e. The summed E-state index contributed by atoms with van der Waals surface area (Å²) in [5, 5.41) is 0.890. The number of aryl methyl sites for hydroxylation is 1. The normalized spacial score (nSPS) is 17.2. The highest BCUT2D eigenvalue weighted by molar-refractivity contribution is 7.73. The van der Waals surface area contributed by atoms with Crippen molar-refractivity contribution >= 4 is 56.3 Å². The molecule has 2 N–H and O–H groups in total. The maximum atomic E-state index is 6.71. The molecule has 7 heteroatoms. The lowest BCUT2D eigenvalue weighted by Gasteiger charge is -2.34. The van der Waals surface area contributed by atoms with Gasteiger partial charge in [0.05, 0.1) is 21.5 Å². The Kier molecular flexibility index (Phi) is 5.16. The zero-order valence-corrected chi connectivity index (χ0v) is 21.6. The fourth-order valence-electron chi connectivity index (χ4n) is 5.23. The summed E-state index contributed by atoms with van der Waals surface area (Å²) in [6, 6.07) is 29.1. The molecule has 0 radical (unpaired) electrons. The predicted molar refractivity (Wildman–Crippen MR) is 151 cm³/mol. The van der Waals surface area contributed by atoms with E-state index in [0.29, 0.717) is 5.88 Å². The Hall–Kier alpha value is -3.52. The highest BCUT2D eigenvalue weighted by atomic mass is 32.1. The Morgan fingerprint density at radius 2 is 1.58 bits per heavy atom. The second-order valence-corrected chi connectivity index (χ2v) is 11.6. The number of para-hydroxylation sites is 2. The summed E-state index contributed by atoms with van der Waals surface area (Å²) in [5.74, 6) is 1.25. The second kappa shape index (κ2) is 8.55. The fraction of sp³-hybridized carbons (Fsp3) is 0.103. The third kappa shape index (κ3) is 3.38. The number of ether oxygens (including phenoxy) is 1. The number of hydrogen-bond acceptors (Lipinski definition) is 6. The van der Waals surface area contributed by atoms with Gasteiger partial charge in [-0.1, -0.05) is 60.7 Å². The van der Waals surface area contributed by atoms with Crippen molar-refractivity contribution in [2.24, 2.45) is 5.73 Å². The lowest BCUT2D eigenvalue weighted by molar-refractivity contribution is 0.280. The van der Waals surface area contributed by atoms with Crippen molar-refractivity contribution in [3.63, 3.8) is 0 Å². The first-order valence-corrected chi connectivity index (χ1v) is 13.8. The lowest BCUT2D eigenvalue weighted by atomic mass is 9.78. The highest BCUT2D eigenvalue weighted by Gasteiger charge is 2.40. The molecule has 2 aliphatic rings. The Morgan fingerprint density at radius 3 is 2.36 bits per heavy atom. The number of fused-ring (bicyclic) bond motifs is 3. The number of allylic oxidation sites excluding steroid dienone is 3. The van der Waals surface area contributed by atoms with Crippen LogP contribution >= 0.6 is 34.9 Å². The maximum absolute atomic E-state index is 6.71. The van der Waals surface area contributed by atoms with Crippen LogP contribution in [0.25, 0.3) is 27.1 Å². The molecule has 0 spiro atoms. The molecule has 176 valence electrons. The van der Waals surface area contributed by atoms with E-state index in [9.17, 15) is 0 Å². The molecular formula is C29H21N3OS3. The fourth-order valence-corrected chi connectivity index (χ4v) is 7.78. The van der Waals surface area contributed by atoms with E-state index in [1.165, 1.54) is 4.88 Å². The maximum Gasteiger partial charge on any atom is 0.197 e. The molecule has 3 heterocycles. The van der Waals surface area contributed by atoms with Crippen LogP contribution in [0, 0.1) is 3.95 Å². The molecule has 1 aliphatic carbocycles. The van der Waals surface area contributed by atoms with Crippen molar-refractivity contribution < 1.29 is 4.74 Å². The van der Waals surface area contributed by atoms with Gasteiger partial charge in [-0.05, 0) is 48.5 Å². The number of thiazole rings is 2. The molecule has 7 rings (SSSR count). The zero-order chi connectivity index (χ0) is 24.2. The summed E-state index contributed by atoms with van der Waals surface area (Å²) in [5.41, 5.74) is 13.1. The molecule has 0 bridgehead atoms. The Bertz CT molecular complexity index is 1710. The van der Waals surface area contributed by atoms with Crippen LogP contribution in [0.1, 0.15) is 33.5 Å². The zero-order valence-electron chi connectivity index (χ0n) is 19.2. The minimum atomic E-state index is -0.117. The average molecular weight is 524 g/mol. The molecule has 4 nitrogen and oxygen atoms in total. The molecule has 36 heavy (non-hydrogen) atoms. The Balaban J connectivity index is 1.50. The largest absolute Gasteiger partial charge is 0.445 e. The molecule has 1 aliphatic heterocycles. The molecule has 0 fully saturated rings. The number of hydrogen-bond donors (Lipinski definition) is 1. The van der Waals surface area contributed by atoms with Crippen molar-refractivity contribution in [2.75, 3.05) is 0 Å². The van der Waals surface area contributed by atoms with E-state index in [1.54, 1.807) is 22.7 Å². The number of nitrogens with two attached hydrogens (primary N) is 1. The molecule has 1 unspecified atom stereocenters. The molecule has 0 amide bonds. The van der Waals surface area contributed by atoms with E-state index in [-0.39, 0.29) is 5.92 Å². The van der Waals surface area contributed by atoms with Gasteiger partial charge in [0, 0.05) is 28.5 Å². The monoisotopic (exact) mass is 523 g/mol. The van der Waals surface area contributed by atoms with Crippen LogP contribution in [-0.2, 0) is 11.2 Å². The summed E-state index contributed by atoms with van der Waals surface area (Å²) in [6.45, 7) is 0. The number of aromatic nitrogens is 2. The summed E-state index contributed by atoms with van der Waals surface area (Å²) < 4.78 is 10.6. The van der Waals surface area contributed by atoms with Gasteiger partial charge in [0.1, 0.15) is 10.8 Å². The molecule has 1 atom stereocenters. The topological polar surface area (TPSA) is 53.1 Å². The van der Waals surface area contributed by atoms with Crippen LogP contribution in [0.5, 0.6) is 0 Å². The van der Waals surface area contributed by atoms with Crippen LogP contribution in [0.15, 0.2) is 96.6 Å². The number of benzene rings is 3. The van der Waals surface area contributed by atoms with Gasteiger partial charge in [-0.25, -0.2) is 4.98 Å². The first kappa shape index (κ1) is 21.7. The molecule has 3 aromatic carbocycles. The summed E-state index contributed by atoms with van der Waals surface area (Å²) in [4.78, 5) is 6.28. The van der Waals surface area contributed by atoms with Crippen LogP contribution in [0.2, 0.25) is 0 Å². The lowest BCUT2D eigenvalue weighted by Crippen LogP contribution is -2.24. The van der Waals surface area contributed by atoms with Crippen molar-refractivity contribution in [1.29, 1.82) is 0 Å². The van der Waals surface area contributed by atoms with E-state index >= 15 is 0 Å². The second-order valence-electron chi connectivity index (χ2n) is 8.86. The SMILES string of the molecule is NC1=C(c2nc3ccccc3s2)C(c2ccccc2)C2=C(CCc3sc(=S)n(-c4ccccc4)c32)O1. The van der Waals surface area contributed by atoms with E-state index in [4.69, 9.17) is 27.7 Å². The van der Waals surface area contributed by atoms with Gasteiger partial charge in [-0.3, -0.25) is 4.57 Å². The van der Waals surface area contributed by atoms with Gasteiger partial charge < -0.3 is 10.5 Å². The summed E-state index contributed by atoms with van der Waals surface area (Å²) >= 11 is 9.26. The number of nitrogens with zero attached hydrogens (tertiary/aromatic N) is 2. The van der Waals surface area contributed by atoms with Crippen molar-refractivity contribution in [3.8, 4) is 5.69 Å². The van der Waals surface area contributed by atoms with Crippen molar-refractivity contribution in [1.82, 2.24) is 9.55 Å². The number of rotatable bonds is 3. The molecule has 0 saturated heterocycles. The first-order valence-electron chi connectivity index (χ1n) is 11.8. The standard InChI is InChI=1S/C29H21N3OS3/c30-27-25(28-31-19-13-7-8-14-21(19)35-28)23(17-9-3-1-4-10-17)24-20(33-27)15-16-22-26(24)32(29(34)36-22)18-11-5-2-6-12-18/h1-14,23H,15-16,30H2. The molecular weight excluding hydrogens is 503 g/mol. The summed E-state index contributed by atoms with van der Waals surface area (Å²) in [6.07, 6.45) is 1.68.